The highest BCUT2D eigenvalue weighted by Gasteiger charge is 2.18. The van der Waals surface area contributed by atoms with Crippen molar-refractivity contribution in [2.45, 2.75) is 6.04 Å². The molecule has 2 aromatic rings. The fourth-order valence-corrected chi connectivity index (χ4v) is 3.47. The summed E-state index contributed by atoms with van der Waals surface area (Å²) < 4.78 is 29.5. The minimum absolute atomic E-state index is 0.0329. The maximum Gasteiger partial charge on any atom is 0.149 e. The smallest absolute Gasteiger partial charge is 0.149 e. The lowest BCUT2D eigenvalue weighted by Gasteiger charge is -2.21. The molecule has 0 aliphatic rings. The number of nitrogens with two attached hydrogens (primary N) is 1. The van der Waals surface area contributed by atoms with Gasteiger partial charge in [0, 0.05) is 10.7 Å². The van der Waals surface area contributed by atoms with Crippen LogP contribution in [0, 0.1) is 0 Å². The van der Waals surface area contributed by atoms with E-state index in [-0.39, 0.29) is 5.75 Å². The molecule has 0 aliphatic carbocycles. The maximum absolute atomic E-state index is 11.8. The number of anilines is 2. The first kappa shape index (κ1) is 17.6. The third kappa shape index (κ3) is 5.14. The third-order valence-corrected chi connectivity index (χ3v) is 4.76. The van der Waals surface area contributed by atoms with Gasteiger partial charge in [0.2, 0.25) is 0 Å². The van der Waals surface area contributed by atoms with Crippen molar-refractivity contribution in [3.05, 3.63) is 52.5 Å². The van der Waals surface area contributed by atoms with Gasteiger partial charge in [-0.2, -0.15) is 0 Å². The molecule has 0 aromatic heterocycles. The van der Waals surface area contributed by atoms with Crippen LogP contribution < -0.4 is 15.8 Å². The zero-order valence-corrected chi connectivity index (χ0v) is 15.3. The van der Waals surface area contributed by atoms with Crippen molar-refractivity contribution in [1.29, 1.82) is 0 Å². The van der Waals surface area contributed by atoms with Crippen LogP contribution in [0.4, 0.5) is 11.4 Å². The van der Waals surface area contributed by atoms with Crippen LogP contribution in [0.2, 0.25) is 0 Å². The van der Waals surface area contributed by atoms with E-state index in [2.05, 4.69) is 21.2 Å². The largest absolute Gasteiger partial charge is 0.497 e. The summed E-state index contributed by atoms with van der Waals surface area (Å²) in [7, 11) is -1.59. The van der Waals surface area contributed by atoms with Gasteiger partial charge in [0.15, 0.2) is 0 Å². The summed E-state index contributed by atoms with van der Waals surface area (Å²) in [6.07, 6.45) is 1.22. The highest BCUT2D eigenvalue weighted by Crippen LogP contribution is 2.28. The van der Waals surface area contributed by atoms with Crippen molar-refractivity contribution in [1.82, 2.24) is 0 Å². The molecule has 124 valence electrons. The van der Waals surface area contributed by atoms with Crippen LogP contribution in [0.1, 0.15) is 11.6 Å². The van der Waals surface area contributed by atoms with Gasteiger partial charge >= 0.3 is 0 Å². The molecule has 5 nitrogen and oxygen atoms in total. The molecule has 0 saturated heterocycles. The number of rotatable bonds is 6. The molecule has 3 N–H and O–H groups in total. The molecule has 0 aliphatic heterocycles. The number of benzene rings is 2. The van der Waals surface area contributed by atoms with E-state index in [1.165, 1.54) is 6.26 Å². The highest BCUT2D eigenvalue weighted by molar-refractivity contribution is 9.10. The lowest BCUT2D eigenvalue weighted by atomic mass is 10.1. The van der Waals surface area contributed by atoms with Crippen molar-refractivity contribution in [2.75, 3.05) is 30.2 Å². The fraction of sp³-hybridized carbons (Fsp3) is 0.250. The summed E-state index contributed by atoms with van der Waals surface area (Å²) in [5, 5.41) is 3.22. The highest BCUT2D eigenvalue weighted by atomic mass is 79.9. The number of ether oxygens (including phenoxy) is 1. The summed E-state index contributed by atoms with van der Waals surface area (Å²) in [5.74, 6) is 0.685. The molecule has 1 unspecified atom stereocenters. The average molecular weight is 399 g/mol. The van der Waals surface area contributed by atoms with Crippen LogP contribution in [0.25, 0.3) is 0 Å². The third-order valence-electron chi connectivity index (χ3n) is 3.33. The van der Waals surface area contributed by atoms with Gasteiger partial charge in [0.25, 0.3) is 0 Å². The fourth-order valence-electron chi connectivity index (χ4n) is 2.21. The Morgan fingerprint density at radius 1 is 1.22 bits per heavy atom. The molecule has 2 aromatic carbocycles. The van der Waals surface area contributed by atoms with E-state index < -0.39 is 15.9 Å². The monoisotopic (exact) mass is 398 g/mol. The predicted octanol–water partition coefficient (Wildman–Crippen LogP) is 3.24. The van der Waals surface area contributed by atoms with Crippen LogP contribution in [0.5, 0.6) is 5.75 Å². The molecule has 0 heterocycles. The molecule has 1 atom stereocenters. The Balaban J connectivity index is 2.33. The number of nitrogens with one attached hydrogen (secondary N) is 1. The molecule has 0 spiro atoms. The first-order valence-electron chi connectivity index (χ1n) is 6.92. The molecular formula is C16H19BrN2O3S. The van der Waals surface area contributed by atoms with Crippen molar-refractivity contribution in [2.24, 2.45) is 0 Å². The number of hydrogen-bond acceptors (Lipinski definition) is 5. The Hall–Kier alpha value is -1.73. The Morgan fingerprint density at radius 3 is 2.39 bits per heavy atom. The van der Waals surface area contributed by atoms with E-state index in [4.69, 9.17) is 10.5 Å². The quantitative estimate of drug-likeness (QED) is 0.729. The van der Waals surface area contributed by atoms with Crippen LogP contribution in [-0.2, 0) is 9.84 Å². The number of halogens is 1. The van der Waals surface area contributed by atoms with Crippen LogP contribution in [0.3, 0.4) is 0 Å². The topological polar surface area (TPSA) is 81.4 Å². The molecule has 0 bridgehead atoms. The Bertz CT molecular complexity index is 776. The molecule has 0 amide bonds. The lowest BCUT2D eigenvalue weighted by molar-refractivity contribution is 0.414. The van der Waals surface area contributed by atoms with Crippen molar-refractivity contribution >= 4 is 37.1 Å². The average Bonchev–Trinajstić information content (AvgIpc) is 2.48. The van der Waals surface area contributed by atoms with Gasteiger partial charge in [-0.15, -0.1) is 0 Å². The number of nitrogen functional groups attached to an aromatic ring is 1. The molecule has 7 heteroatoms. The molecule has 0 radical (unpaired) electrons. The van der Waals surface area contributed by atoms with Crippen LogP contribution in [-0.4, -0.2) is 27.5 Å². The van der Waals surface area contributed by atoms with Gasteiger partial charge < -0.3 is 15.8 Å². The standard InChI is InChI=1S/C16H19BrN2O3S/c1-22-13-6-3-11(4-7-13)16(10-23(2,20)21)19-15-8-5-12(17)9-14(15)18/h3-9,16,19H,10,18H2,1-2H3. The second kappa shape index (κ2) is 7.23. The zero-order valence-electron chi connectivity index (χ0n) is 12.9. The van der Waals surface area contributed by atoms with Gasteiger partial charge in [0.05, 0.1) is 30.3 Å². The van der Waals surface area contributed by atoms with E-state index in [0.29, 0.717) is 11.4 Å². The first-order valence-corrected chi connectivity index (χ1v) is 9.77. The van der Waals surface area contributed by atoms with E-state index in [1.54, 1.807) is 25.3 Å². The maximum atomic E-state index is 11.8. The Labute approximate surface area is 144 Å². The van der Waals surface area contributed by atoms with E-state index in [0.717, 1.165) is 15.8 Å². The second-order valence-electron chi connectivity index (χ2n) is 5.29. The van der Waals surface area contributed by atoms with Crippen molar-refractivity contribution in [3.63, 3.8) is 0 Å². The summed E-state index contributed by atoms with van der Waals surface area (Å²) in [4.78, 5) is 0. The normalized spacial score (nSPS) is 12.7. The lowest BCUT2D eigenvalue weighted by Crippen LogP contribution is -2.21. The van der Waals surface area contributed by atoms with Crippen molar-refractivity contribution in [3.8, 4) is 5.75 Å². The number of methoxy groups -OCH3 is 1. The number of hydrogen-bond donors (Lipinski definition) is 2. The SMILES string of the molecule is COc1ccc(C(CS(C)(=O)=O)Nc2ccc(Br)cc2N)cc1. The van der Waals surface area contributed by atoms with E-state index in [1.807, 2.05) is 24.3 Å². The molecule has 23 heavy (non-hydrogen) atoms. The molecular weight excluding hydrogens is 380 g/mol. The Kier molecular flexibility index (Phi) is 5.54. The van der Waals surface area contributed by atoms with E-state index in [9.17, 15) is 8.42 Å². The van der Waals surface area contributed by atoms with Crippen LogP contribution >= 0.6 is 15.9 Å². The van der Waals surface area contributed by atoms with Crippen molar-refractivity contribution < 1.29 is 13.2 Å². The first-order chi connectivity index (χ1) is 10.8. The summed E-state index contributed by atoms with van der Waals surface area (Å²) in [6.45, 7) is 0. The van der Waals surface area contributed by atoms with Gasteiger partial charge in [-0.3, -0.25) is 0 Å². The summed E-state index contributed by atoms with van der Waals surface area (Å²) in [6, 6.07) is 12.3. The van der Waals surface area contributed by atoms with E-state index >= 15 is 0 Å². The minimum Gasteiger partial charge on any atom is -0.497 e. The van der Waals surface area contributed by atoms with Gasteiger partial charge in [-0.1, -0.05) is 28.1 Å². The minimum atomic E-state index is -3.17. The summed E-state index contributed by atoms with van der Waals surface area (Å²) >= 11 is 3.35. The Morgan fingerprint density at radius 2 is 1.87 bits per heavy atom. The molecule has 0 fully saturated rings. The predicted molar refractivity (Wildman–Crippen MR) is 97.6 cm³/mol. The second-order valence-corrected chi connectivity index (χ2v) is 8.39. The summed E-state index contributed by atoms with van der Waals surface area (Å²) in [5.41, 5.74) is 8.08. The van der Waals surface area contributed by atoms with Gasteiger partial charge in [-0.05, 0) is 35.9 Å². The molecule has 2 rings (SSSR count). The van der Waals surface area contributed by atoms with Gasteiger partial charge in [0.1, 0.15) is 15.6 Å². The molecule has 0 saturated carbocycles. The van der Waals surface area contributed by atoms with Gasteiger partial charge in [-0.25, -0.2) is 8.42 Å². The van der Waals surface area contributed by atoms with Crippen LogP contribution in [0.15, 0.2) is 46.9 Å². The zero-order chi connectivity index (χ0) is 17.0. The number of sulfone groups is 1.